The fourth-order valence-corrected chi connectivity index (χ4v) is 5.83. The average Bonchev–Trinajstić information content (AvgIpc) is 2.60. The number of nitrogens with zero attached hydrogens (tertiary/aromatic N) is 2. The zero-order valence-corrected chi connectivity index (χ0v) is 15.6. The van der Waals surface area contributed by atoms with Crippen molar-refractivity contribution in [1.29, 1.82) is 5.26 Å². The van der Waals surface area contributed by atoms with E-state index in [0.29, 0.717) is 23.4 Å². The molecule has 0 unspecified atom stereocenters. The average molecular weight is 384 g/mol. The van der Waals surface area contributed by atoms with Crippen LogP contribution in [0.1, 0.15) is 44.1 Å². The van der Waals surface area contributed by atoms with Gasteiger partial charge in [-0.25, -0.2) is 0 Å². The summed E-state index contributed by atoms with van der Waals surface area (Å²) in [5.41, 5.74) is -0.0243. The second kappa shape index (κ2) is 6.57. The molecule has 4 aliphatic rings. The minimum absolute atomic E-state index is 0.0282. The van der Waals surface area contributed by atoms with Gasteiger partial charge in [0.1, 0.15) is 6.07 Å². The highest BCUT2D eigenvalue weighted by Crippen LogP contribution is 2.60. The van der Waals surface area contributed by atoms with Gasteiger partial charge in [-0.2, -0.15) is 5.26 Å². The van der Waals surface area contributed by atoms with E-state index in [-0.39, 0.29) is 27.7 Å². The molecule has 0 atom stereocenters. The Labute approximate surface area is 162 Å². The van der Waals surface area contributed by atoms with Crippen molar-refractivity contribution >= 4 is 34.6 Å². The number of carbonyl (C=O) groups excluding carboxylic acids is 1. The quantitative estimate of drug-likeness (QED) is 0.469. The number of nitriles is 1. The van der Waals surface area contributed by atoms with E-state index in [9.17, 15) is 20.2 Å². The number of non-ortho nitro benzene ring substituents is 1. The maximum Gasteiger partial charge on any atom is 0.270 e. The smallest absolute Gasteiger partial charge is 0.270 e. The molecule has 1 aromatic rings. The number of benzene rings is 1. The van der Waals surface area contributed by atoms with E-state index in [2.05, 4.69) is 10.6 Å². The molecule has 2 N–H and O–H groups in total. The summed E-state index contributed by atoms with van der Waals surface area (Å²) in [6.45, 7) is 0. The Kier molecular flexibility index (Phi) is 4.35. The number of thiocarbonyl (C=S) groups is 1. The lowest BCUT2D eigenvalue weighted by Gasteiger charge is -2.55. The second-order valence-electron chi connectivity index (χ2n) is 8.20. The highest BCUT2D eigenvalue weighted by Gasteiger charge is 2.54. The first kappa shape index (κ1) is 17.9. The lowest BCUT2D eigenvalue weighted by atomic mass is 9.49. The first-order valence-corrected chi connectivity index (χ1v) is 9.60. The third-order valence-electron chi connectivity index (χ3n) is 6.33. The summed E-state index contributed by atoms with van der Waals surface area (Å²) in [4.78, 5) is 23.3. The molecule has 8 heteroatoms. The largest absolute Gasteiger partial charge is 0.331 e. The third kappa shape index (κ3) is 3.28. The topological polar surface area (TPSA) is 108 Å². The van der Waals surface area contributed by atoms with Gasteiger partial charge < -0.3 is 10.6 Å². The van der Waals surface area contributed by atoms with Gasteiger partial charge in [-0.15, -0.1) is 0 Å². The zero-order valence-electron chi connectivity index (χ0n) is 14.7. The van der Waals surface area contributed by atoms with Gasteiger partial charge in [0.05, 0.1) is 21.6 Å². The van der Waals surface area contributed by atoms with Crippen LogP contribution in [-0.4, -0.2) is 15.9 Å². The molecule has 4 bridgehead atoms. The number of amides is 1. The maximum atomic E-state index is 13.0. The van der Waals surface area contributed by atoms with Crippen LogP contribution in [0.5, 0.6) is 0 Å². The molecule has 0 spiro atoms. The van der Waals surface area contributed by atoms with Crippen molar-refractivity contribution in [3.8, 4) is 6.07 Å². The van der Waals surface area contributed by atoms with Gasteiger partial charge in [0.15, 0.2) is 5.11 Å². The predicted molar refractivity (Wildman–Crippen MR) is 103 cm³/mol. The Morgan fingerprint density at radius 3 is 2.33 bits per heavy atom. The molecule has 4 aliphatic carbocycles. The second-order valence-corrected chi connectivity index (χ2v) is 8.61. The summed E-state index contributed by atoms with van der Waals surface area (Å²) in [6, 6.07) is 5.83. The van der Waals surface area contributed by atoms with Gasteiger partial charge in [0.2, 0.25) is 5.91 Å². The van der Waals surface area contributed by atoms with Gasteiger partial charge in [-0.3, -0.25) is 14.9 Å². The number of nitrogens with one attached hydrogen (secondary N) is 2. The third-order valence-corrected chi connectivity index (χ3v) is 6.53. The van der Waals surface area contributed by atoms with Gasteiger partial charge in [-0.1, -0.05) is 0 Å². The summed E-state index contributed by atoms with van der Waals surface area (Å²) in [5, 5.41) is 25.9. The molecule has 0 radical (unpaired) electrons. The molecule has 5 rings (SSSR count). The molecule has 140 valence electrons. The SMILES string of the molecule is N#Cc1cc([N+](=O)[O-])ccc1NC(=S)NC(=O)C12CC3CC(CC(C3)C1)C2. The lowest BCUT2D eigenvalue weighted by molar-refractivity contribution is -0.384. The van der Waals surface area contributed by atoms with Crippen LogP contribution in [-0.2, 0) is 4.79 Å². The van der Waals surface area contributed by atoms with Crippen LogP contribution in [0.15, 0.2) is 18.2 Å². The molecule has 7 nitrogen and oxygen atoms in total. The van der Waals surface area contributed by atoms with Crippen molar-refractivity contribution in [3.63, 3.8) is 0 Å². The molecular weight excluding hydrogens is 364 g/mol. The number of anilines is 1. The fourth-order valence-electron chi connectivity index (χ4n) is 5.63. The molecule has 4 fully saturated rings. The van der Waals surface area contributed by atoms with E-state index >= 15 is 0 Å². The number of hydrogen-bond donors (Lipinski definition) is 2. The van der Waals surface area contributed by atoms with Crippen molar-refractivity contribution in [2.75, 3.05) is 5.32 Å². The molecular formula is C19H20N4O3S. The Balaban J connectivity index is 1.45. The number of carbonyl (C=O) groups is 1. The van der Waals surface area contributed by atoms with Crippen molar-refractivity contribution in [3.05, 3.63) is 33.9 Å². The molecule has 1 amide bonds. The van der Waals surface area contributed by atoms with E-state index in [1.165, 1.54) is 37.5 Å². The number of rotatable bonds is 3. The molecule has 0 aromatic heterocycles. The van der Waals surface area contributed by atoms with Crippen LogP contribution < -0.4 is 10.6 Å². The maximum absolute atomic E-state index is 13.0. The predicted octanol–water partition coefficient (Wildman–Crippen LogP) is 3.50. The molecule has 0 heterocycles. The Morgan fingerprint density at radius 1 is 1.22 bits per heavy atom. The molecule has 0 saturated heterocycles. The minimum Gasteiger partial charge on any atom is -0.331 e. The first-order chi connectivity index (χ1) is 12.9. The fraction of sp³-hybridized carbons (Fsp3) is 0.526. The lowest BCUT2D eigenvalue weighted by Crippen LogP contribution is -2.55. The number of hydrogen-bond acceptors (Lipinski definition) is 5. The van der Waals surface area contributed by atoms with Gasteiger partial charge in [0.25, 0.3) is 5.69 Å². The van der Waals surface area contributed by atoms with Crippen molar-refractivity contribution in [2.45, 2.75) is 38.5 Å². The van der Waals surface area contributed by atoms with Gasteiger partial charge in [-0.05, 0) is 74.6 Å². The van der Waals surface area contributed by atoms with Crippen molar-refractivity contribution in [2.24, 2.45) is 23.2 Å². The van der Waals surface area contributed by atoms with Gasteiger partial charge in [0, 0.05) is 12.1 Å². The number of nitro groups is 1. The van der Waals surface area contributed by atoms with E-state index < -0.39 is 4.92 Å². The van der Waals surface area contributed by atoms with E-state index in [4.69, 9.17) is 12.2 Å². The van der Waals surface area contributed by atoms with Crippen LogP contribution in [0.4, 0.5) is 11.4 Å². The number of nitro benzene ring substituents is 1. The van der Waals surface area contributed by atoms with E-state index in [1.807, 2.05) is 6.07 Å². The summed E-state index contributed by atoms with van der Waals surface area (Å²) in [7, 11) is 0. The highest BCUT2D eigenvalue weighted by atomic mass is 32.1. The van der Waals surface area contributed by atoms with Crippen LogP contribution in [0.2, 0.25) is 0 Å². The van der Waals surface area contributed by atoms with Crippen LogP contribution in [0.3, 0.4) is 0 Å². The van der Waals surface area contributed by atoms with E-state index in [0.717, 1.165) is 19.3 Å². The monoisotopic (exact) mass is 384 g/mol. The summed E-state index contributed by atoms with van der Waals surface area (Å²) in [6.07, 6.45) is 6.58. The first-order valence-electron chi connectivity index (χ1n) is 9.19. The Bertz CT molecular complexity index is 841. The standard InChI is InChI=1S/C19H20N4O3S/c20-10-14-6-15(23(25)26)1-2-16(14)21-18(27)22-17(24)19-7-11-3-12(8-19)5-13(4-11)9-19/h1-2,6,11-13H,3-5,7-9H2,(H2,21,22,24,27). The normalized spacial score (nSPS) is 30.4. The molecule has 0 aliphatic heterocycles. The zero-order chi connectivity index (χ0) is 19.2. The van der Waals surface area contributed by atoms with Crippen LogP contribution >= 0.6 is 12.2 Å². The minimum atomic E-state index is -0.558. The molecule has 4 saturated carbocycles. The Morgan fingerprint density at radius 2 is 1.81 bits per heavy atom. The summed E-state index contributed by atoms with van der Waals surface area (Å²) in [5.74, 6) is 1.94. The van der Waals surface area contributed by atoms with Crippen molar-refractivity contribution < 1.29 is 9.72 Å². The summed E-state index contributed by atoms with van der Waals surface area (Å²) < 4.78 is 0. The van der Waals surface area contributed by atoms with E-state index in [1.54, 1.807) is 0 Å². The van der Waals surface area contributed by atoms with Crippen LogP contribution in [0, 0.1) is 44.6 Å². The Hall–Kier alpha value is -2.53. The van der Waals surface area contributed by atoms with Gasteiger partial charge >= 0.3 is 0 Å². The molecule has 27 heavy (non-hydrogen) atoms. The molecule has 1 aromatic carbocycles. The van der Waals surface area contributed by atoms with Crippen LogP contribution in [0.25, 0.3) is 0 Å². The summed E-state index contributed by atoms with van der Waals surface area (Å²) >= 11 is 5.27. The van der Waals surface area contributed by atoms with Crippen molar-refractivity contribution in [1.82, 2.24) is 5.32 Å². The highest BCUT2D eigenvalue weighted by molar-refractivity contribution is 7.80.